The van der Waals surface area contributed by atoms with E-state index in [4.69, 9.17) is 0 Å². The quantitative estimate of drug-likeness (QED) is 0.870. The molecule has 0 aliphatic carbocycles. The first-order chi connectivity index (χ1) is 8.19. The number of likely N-dealkylation sites (tertiary alicyclic amines) is 1. The third-order valence-electron chi connectivity index (χ3n) is 3.91. The first-order valence-electron chi connectivity index (χ1n) is 6.54. The van der Waals surface area contributed by atoms with Gasteiger partial charge in [0.1, 0.15) is 0 Å². The van der Waals surface area contributed by atoms with Gasteiger partial charge in [-0.25, -0.2) is 0 Å². The summed E-state index contributed by atoms with van der Waals surface area (Å²) in [5.41, 5.74) is 2.31. The number of nitrogens with zero attached hydrogens (tertiary/aromatic N) is 2. The van der Waals surface area contributed by atoms with Gasteiger partial charge in [-0.2, -0.15) is 0 Å². The van der Waals surface area contributed by atoms with Crippen molar-refractivity contribution >= 4 is 5.69 Å². The number of hydrogen-bond donors (Lipinski definition) is 1. The van der Waals surface area contributed by atoms with Gasteiger partial charge in [-0.3, -0.25) is 9.88 Å². The summed E-state index contributed by atoms with van der Waals surface area (Å²) < 4.78 is 0. The molecular formula is C14H23N3. The zero-order valence-corrected chi connectivity index (χ0v) is 11.1. The Labute approximate surface area is 104 Å². The lowest BCUT2D eigenvalue weighted by atomic mass is 9.88. The molecule has 1 aromatic rings. The van der Waals surface area contributed by atoms with Crippen LogP contribution >= 0.6 is 0 Å². The maximum absolute atomic E-state index is 4.44. The summed E-state index contributed by atoms with van der Waals surface area (Å²) in [5.74, 6) is 1.67. The van der Waals surface area contributed by atoms with Crippen molar-refractivity contribution < 1.29 is 0 Å². The number of hydrogen-bond acceptors (Lipinski definition) is 3. The van der Waals surface area contributed by atoms with Crippen molar-refractivity contribution in [1.82, 2.24) is 9.88 Å². The fourth-order valence-corrected chi connectivity index (χ4v) is 2.44. The van der Waals surface area contributed by atoms with Crippen LogP contribution in [0.3, 0.4) is 0 Å². The van der Waals surface area contributed by atoms with Crippen LogP contribution in [-0.2, 0) is 6.54 Å². The number of nitrogens with one attached hydrogen (secondary N) is 1. The van der Waals surface area contributed by atoms with Crippen molar-refractivity contribution in [3.8, 4) is 0 Å². The molecule has 2 atom stereocenters. The molecule has 94 valence electrons. The average Bonchev–Trinajstić information content (AvgIpc) is 2.34. The van der Waals surface area contributed by atoms with Crippen LogP contribution in [0.4, 0.5) is 5.69 Å². The predicted molar refractivity (Wildman–Crippen MR) is 72.0 cm³/mol. The second kappa shape index (κ2) is 5.50. The van der Waals surface area contributed by atoms with E-state index in [-0.39, 0.29) is 0 Å². The number of aromatic nitrogens is 1. The van der Waals surface area contributed by atoms with Gasteiger partial charge < -0.3 is 5.32 Å². The molecule has 1 fully saturated rings. The van der Waals surface area contributed by atoms with Crippen molar-refractivity contribution in [2.24, 2.45) is 11.8 Å². The fourth-order valence-electron chi connectivity index (χ4n) is 2.44. The molecule has 1 aromatic heterocycles. The van der Waals surface area contributed by atoms with E-state index >= 15 is 0 Å². The summed E-state index contributed by atoms with van der Waals surface area (Å²) >= 11 is 0. The molecule has 1 aliphatic heterocycles. The van der Waals surface area contributed by atoms with E-state index in [2.05, 4.69) is 35.1 Å². The van der Waals surface area contributed by atoms with Gasteiger partial charge in [0.15, 0.2) is 0 Å². The van der Waals surface area contributed by atoms with Gasteiger partial charge in [0, 0.05) is 32.0 Å². The summed E-state index contributed by atoms with van der Waals surface area (Å²) in [4.78, 5) is 6.96. The van der Waals surface area contributed by atoms with Crippen molar-refractivity contribution in [2.45, 2.75) is 26.8 Å². The Bertz CT molecular complexity index is 364. The molecule has 1 N–H and O–H groups in total. The van der Waals surface area contributed by atoms with Gasteiger partial charge in [-0.15, -0.1) is 0 Å². The van der Waals surface area contributed by atoms with Crippen molar-refractivity contribution in [2.75, 3.05) is 25.5 Å². The zero-order valence-electron chi connectivity index (χ0n) is 11.1. The van der Waals surface area contributed by atoms with Crippen LogP contribution in [-0.4, -0.2) is 30.0 Å². The highest BCUT2D eigenvalue weighted by molar-refractivity contribution is 5.42. The second-order valence-electron chi connectivity index (χ2n) is 5.26. The molecule has 0 aromatic carbocycles. The predicted octanol–water partition coefficient (Wildman–Crippen LogP) is 2.60. The summed E-state index contributed by atoms with van der Waals surface area (Å²) in [6.45, 7) is 8.10. The lowest BCUT2D eigenvalue weighted by molar-refractivity contribution is 0.131. The lowest BCUT2D eigenvalue weighted by Gasteiger charge is -2.35. The fraction of sp³-hybridized carbons (Fsp3) is 0.643. The molecule has 0 bridgehead atoms. The molecule has 0 spiro atoms. The summed E-state index contributed by atoms with van der Waals surface area (Å²) in [7, 11) is 1.95. The van der Waals surface area contributed by atoms with Crippen LogP contribution in [0.15, 0.2) is 18.3 Å². The Kier molecular flexibility index (Phi) is 4.00. The maximum atomic E-state index is 4.44. The van der Waals surface area contributed by atoms with Crippen LogP contribution in [0.2, 0.25) is 0 Å². The first-order valence-corrected chi connectivity index (χ1v) is 6.54. The van der Waals surface area contributed by atoms with Crippen molar-refractivity contribution in [3.63, 3.8) is 0 Å². The molecule has 1 saturated heterocycles. The minimum atomic E-state index is 0.802. The van der Waals surface area contributed by atoms with Crippen LogP contribution < -0.4 is 5.32 Å². The van der Waals surface area contributed by atoms with Crippen molar-refractivity contribution in [3.05, 3.63) is 24.0 Å². The van der Waals surface area contributed by atoms with Crippen LogP contribution in [0.5, 0.6) is 0 Å². The minimum absolute atomic E-state index is 0.802. The third-order valence-corrected chi connectivity index (χ3v) is 3.91. The van der Waals surface area contributed by atoms with Crippen molar-refractivity contribution in [1.29, 1.82) is 0 Å². The number of anilines is 1. The molecule has 2 rings (SSSR count). The van der Waals surface area contributed by atoms with Crippen LogP contribution in [0.1, 0.15) is 26.0 Å². The highest BCUT2D eigenvalue weighted by Gasteiger charge is 2.22. The summed E-state index contributed by atoms with van der Waals surface area (Å²) in [6, 6.07) is 4.15. The van der Waals surface area contributed by atoms with E-state index in [1.807, 2.05) is 19.3 Å². The highest BCUT2D eigenvalue weighted by Crippen LogP contribution is 2.23. The standard InChI is InChI=1S/C14H23N3/c1-11-5-7-17(9-12(11)2)10-14-8-13(15-3)4-6-16-14/h4,6,8,11-12H,5,7,9-10H2,1-3H3,(H,15,16). The number of piperidine rings is 1. The minimum Gasteiger partial charge on any atom is -0.388 e. The normalized spacial score (nSPS) is 25.8. The van der Waals surface area contributed by atoms with Crippen LogP contribution in [0.25, 0.3) is 0 Å². The maximum Gasteiger partial charge on any atom is 0.0564 e. The van der Waals surface area contributed by atoms with E-state index in [0.29, 0.717) is 0 Å². The number of pyridine rings is 1. The smallest absolute Gasteiger partial charge is 0.0564 e. The second-order valence-corrected chi connectivity index (χ2v) is 5.26. The summed E-state index contributed by atoms with van der Waals surface area (Å²) in [6.07, 6.45) is 3.20. The molecule has 17 heavy (non-hydrogen) atoms. The zero-order chi connectivity index (χ0) is 12.3. The van der Waals surface area contributed by atoms with Gasteiger partial charge in [-0.05, 0) is 36.9 Å². The molecule has 0 amide bonds. The van der Waals surface area contributed by atoms with E-state index < -0.39 is 0 Å². The molecule has 2 heterocycles. The molecule has 0 radical (unpaired) electrons. The largest absolute Gasteiger partial charge is 0.388 e. The summed E-state index contributed by atoms with van der Waals surface area (Å²) in [5, 5.41) is 3.16. The first kappa shape index (κ1) is 12.4. The Morgan fingerprint density at radius 1 is 1.41 bits per heavy atom. The molecule has 2 unspecified atom stereocenters. The van der Waals surface area contributed by atoms with Gasteiger partial charge in [0.2, 0.25) is 0 Å². The molecule has 3 heteroatoms. The van der Waals surface area contributed by atoms with E-state index in [1.54, 1.807) is 0 Å². The third kappa shape index (κ3) is 3.19. The molecular weight excluding hydrogens is 210 g/mol. The lowest BCUT2D eigenvalue weighted by Crippen LogP contribution is -2.38. The SMILES string of the molecule is CNc1ccnc(CN2CCC(C)C(C)C2)c1. The Hall–Kier alpha value is -1.09. The average molecular weight is 233 g/mol. The van der Waals surface area contributed by atoms with E-state index in [0.717, 1.165) is 24.1 Å². The highest BCUT2D eigenvalue weighted by atomic mass is 15.1. The van der Waals surface area contributed by atoms with Gasteiger partial charge in [0.05, 0.1) is 5.69 Å². The molecule has 1 aliphatic rings. The molecule has 3 nitrogen and oxygen atoms in total. The molecule has 0 saturated carbocycles. The van der Waals surface area contributed by atoms with Gasteiger partial charge >= 0.3 is 0 Å². The van der Waals surface area contributed by atoms with Gasteiger partial charge in [-0.1, -0.05) is 13.8 Å². The Balaban J connectivity index is 1.96. The Morgan fingerprint density at radius 3 is 2.94 bits per heavy atom. The number of rotatable bonds is 3. The van der Waals surface area contributed by atoms with E-state index in [9.17, 15) is 0 Å². The Morgan fingerprint density at radius 2 is 2.24 bits per heavy atom. The van der Waals surface area contributed by atoms with E-state index in [1.165, 1.54) is 25.2 Å². The van der Waals surface area contributed by atoms with Crippen LogP contribution in [0, 0.1) is 11.8 Å². The van der Waals surface area contributed by atoms with Gasteiger partial charge in [0.25, 0.3) is 0 Å². The topological polar surface area (TPSA) is 28.2 Å². The monoisotopic (exact) mass is 233 g/mol.